The van der Waals surface area contributed by atoms with Gasteiger partial charge in [-0.15, -0.1) is 10.2 Å². The summed E-state index contributed by atoms with van der Waals surface area (Å²) in [5.74, 6) is 0. The molecule has 4 nitrogen and oxygen atoms in total. The second-order valence-electron chi connectivity index (χ2n) is 15.1. The number of halogens is 1. The van der Waals surface area contributed by atoms with Gasteiger partial charge in [-0.1, -0.05) is 149 Å². The zero-order valence-corrected chi connectivity index (χ0v) is 30.7. The Morgan fingerprint density at radius 3 is 1.50 bits per heavy atom. The molecule has 0 bridgehead atoms. The van der Waals surface area contributed by atoms with Crippen LogP contribution in [-0.4, -0.2) is 0 Å². The molecule has 0 radical (unpaired) electrons. The molecular formula is C37H49ClO4S2. The first-order valence-electron chi connectivity index (χ1n) is 14.7. The fourth-order valence-electron chi connectivity index (χ4n) is 3.97. The van der Waals surface area contributed by atoms with Gasteiger partial charge in [-0.05, 0) is 55.1 Å². The first kappa shape index (κ1) is 38.2. The number of benzene rings is 1. The van der Waals surface area contributed by atoms with Gasteiger partial charge in [0.2, 0.25) is 21.1 Å². The molecule has 0 N–H and O–H groups in total. The van der Waals surface area contributed by atoms with Crippen LogP contribution in [0.3, 0.4) is 0 Å². The molecule has 0 amide bonds. The number of rotatable bonds is 4. The third-order valence-electron chi connectivity index (χ3n) is 6.61. The lowest BCUT2D eigenvalue weighted by Crippen LogP contribution is -2.68. The maximum absolute atomic E-state index is 8.49. The van der Waals surface area contributed by atoms with Gasteiger partial charge in [-0.25, -0.2) is 18.6 Å². The largest absolute Gasteiger partial charge is 0.222 e. The summed E-state index contributed by atoms with van der Waals surface area (Å²) in [5, 5.41) is 0. The Morgan fingerprint density at radius 1 is 0.682 bits per heavy atom. The van der Waals surface area contributed by atoms with Gasteiger partial charge in [-0.2, -0.15) is 0 Å². The summed E-state index contributed by atoms with van der Waals surface area (Å²) in [6.07, 6.45) is 13.9. The topological polar surface area (TPSA) is 92.2 Å². The van der Waals surface area contributed by atoms with Crippen molar-refractivity contribution < 1.29 is 28.9 Å². The molecule has 0 atom stereocenters. The summed E-state index contributed by atoms with van der Waals surface area (Å²) < 4.78 is 34.0. The predicted molar refractivity (Wildman–Crippen MR) is 180 cm³/mol. The van der Waals surface area contributed by atoms with Gasteiger partial charge >= 0.3 is 0 Å². The van der Waals surface area contributed by atoms with E-state index in [4.69, 9.17) is 18.6 Å². The molecule has 0 unspecified atom stereocenters. The van der Waals surface area contributed by atoms with Crippen LogP contribution in [0.25, 0.3) is 11.6 Å². The molecule has 1 aliphatic rings. The van der Waals surface area contributed by atoms with E-state index in [1.165, 1.54) is 41.8 Å². The van der Waals surface area contributed by atoms with Crippen molar-refractivity contribution in [2.45, 2.75) is 93.9 Å². The minimum Gasteiger partial charge on any atom is -0.222 e. The van der Waals surface area contributed by atoms with Crippen LogP contribution in [0.4, 0.5) is 0 Å². The van der Waals surface area contributed by atoms with Crippen LogP contribution < -0.4 is 18.6 Å². The lowest BCUT2D eigenvalue weighted by atomic mass is 9.91. The second kappa shape index (κ2) is 14.6. The van der Waals surface area contributed by atoms with Gasteiger partial charge in [-0.3, -0.25) is 0 Å². The third-order valence-corrected chi connectivity index (χ3v) is 10.4. The van der Waals surface area contributed by atoms with E-state index in [0.717, 1.165) is 0 Å². The van der Waals surface area contributed by atoms with Crippen LogP contribution in [-0.2, 0) is 10.8 Å². The summed E-state index contributed by atoms with van der Waals surface area (Å²) in [4.78, 5) is 5.67. The van der Waals surface area contributed by atoms with Crippen LogP contribution in [0.5, 0.6) is 0 Å². The van der Waals surface area contributed by atoms with Crippen LogP contribution in [0.15, 0.2) is 88.2 Å². The molecule has 0 aliphatic carbocycles. The van der Waals surface area contributed by atoms with Crippen LogP contribution in [0.1, 0.15) is 104 Å². The third kappa shape index (κ3) is 13.1. The van der Waals surface area contributed by atoms with Crippen molar-refractivity contribution in [2.24, 2.45) is 10.8 Å². The molecule has 0 saturated carbocycles. The molecule has 1 aromatic carbocycles. The van der Waals surface area contributed by atoms with Crippen molar-refractivity contribution >= 4 is 34.7 Å². The molecule has 3 rings (SSSR count). The predicted octanol–water partition coefficient (Wildman–Crippen LogP) is 7.50. The minimum absolute atomic E-state index is 0.115. The Kier molecular flexibility index (Phi) is 12.7. The van der Waals surface area contributed by atoms with Gasteiger partial charge in [0.25, 0.3) is 0 Å². The zero-order chi connectivity index (χ0) is 33.7. The molecule has 44 heavy (non-hydrogen) atoms. The van der Waals surface area contributed by atoms with E-state index >= 15 is 0 Å². The van der Waals surface area contributed by atoms with Gasteiger partial charge < -0.3 is 0 Å². The molecule has 0 fully saturated rings. The van der Waals surface area contributed by atoms with Gasteiger partial charge in [0.1, 0.15) is 0 Å². The highest BCUT2D eigenvalue weighted by atomic mass is 35.7. The molecule has 0 saturated heterocycles. The summed E-state index contributed by atoms with van der Waals surface area (Å²) in [5.41, 5.74) is 5.42. The average Bonchev–Trinajstić information content (AvgIpc) is 2.86. The monoisotopic (exact) mass is 656 g/mol. The normalized spacial score (nSPS) is 15.5. The van der Waals surface area contributed by atoms with Gasteiger partial charge in [0.05, 0.1) is 0 Å². The number of hydrogen-bond donors (Lipinski definition) is 0. The summed E-state index contributed by atoms with van der Waals surface area (Å²) in [6, 6.07) is 15.5. The smallest absolute Gasteiger partial charge is 0.219 e. The van der Waals surface area contributed by atoms with E-state index < -0.39 is 10.2 Å². The van der Waals surface area contributed by atoms with Gasteiger partial charge in [0, 0.05) is 23.0 Å². The highest BCUT2D eigenvalue weighted by Crippen LogP contribution is 2.48. The SMILES string of the molecule is CC(C)(C)C1=CC(=C/C=C(/C=C/c2cc(C(C)(C)C)[s+]c(C(C)(C)C)c2)c2ccccc2)C=C(C(C)(C)C)S1.[O-][Cl+3]([O-])([O-])[O-]. The Labute approximate surface area is 276 Å². The Morgan fingerprint density at radius 2 is 1.11 bits per heavy atom. The van der Waals surface area contributed by atoms with E-state index in [9.17, 15) is 0 Å². The quantitative estimate of drug-likeness (QED) is 0.251. The lowest BCUT2D eigenvalue weighted by molar-refractivity contribution is -2.00. The Hall–Kier alpha value is -2.03. The zero-order valence-electron chi connectivity index (χ0n) is 28.3. The fourth-order valence-corrected chi connectivity index (χ4v) is 6.44. The maximum atomic E-state index is 8.49. The van der Waals surface area contributed by atoms with Crippen LogP contribution >= 0.6 is 23.1 Å². The molecule has 1 aliphatic heterocycles. The molecule has 1 aromatic heterocycles. The number of hydrogen-bond acceptors (Lipinski definition) is 5. The summed E-state index contributed by atoms with van der Waals surface area (Å²) in [6.45, 7) is 27.7. The first-order chi connectivity index (χ1) is 19.8. The van der Waals surface area contributed by atoms with E-state index in [1.54, 1.807) is 0 Å². The molecule has 7 heteroatoms. The van der Waals surface area contributed by atoms with Crippen molar-refractivity contribution in [2.75, 3.05) is 0 Å². The highest BCUT2D eigenvalue weighted by molar-refractivity contribution is 8.06. The lowest BCUT2D eigenvalue weighted by Gasteiger charge is -2.31. The fraction of sp³-hybridized carbons (Fsp3) is 0.432. The van der Waals surface area contributed by atoms with Crippen LogP contribution in [0, 0.1) is 21.1 Å². The molecule has 0 spiro atoms. The van der Waals surface area contributed by atoms with E-state index in [-0.39, 0.29) is 21.7 Å². The second-order valence-corrected chi connectivity index (χ2v) is 18.0. The van der Waals surface area contributed by atoms with Crippen molar-refractivity contribution in [3.8, 4) is 0 Å². The van der Waals surface area contributed by atoms with Crippen molar-refractivity contribution in [1.29, 1.82) is 0 Å². The van der Waals surface area contributed by atoms with Gasteiger partial charge in [0.15, 0.2) is 0 Å². The molecule has 2 aromatic rings. The minimum atomic E-state index is -4.94. The van der Waals surface area contributed by atoms with E-state index in [2.05, 4.69) is 162 Å². The summed E-state index contributed by atoms with van der Waals surface area (Å²) in [7, 11) is -4.94. The highest BCUT2D eigenvalue weighted by Gasteiger charge is 2.31. The van der Waals surface area contributed by atoms with Crippen molar-refractivity contribution in [3.05, 3.63) is 109 Å². The standard InChI is InChI=1S/C37H49S2.ClHO4/c1-34(2,3)30-22-26(23-31(38-30)35(4,5)6)18-20-29(28-16-14-13-15-17-28)21-19-27-24-32(36(7,8)9)39-33(25-27)37(10,11)12;2-1(3,4)5/h13-25H,1-12H3;(H,2,3,4,5)/q+1;/p-1. The summed E-state index contributed by atoms with van der Waals surface area (Å²) >= 11 is 3.88. The van der Waals surface area contributed by atoms with Crippen LogP contribution in [0.2, 0.25) is 0 Å². The molecule has 240 valence electrons. The molecule has 2 heterocycles. The van der Waals surface area contributed by atoms with Crippen molar-refractivity contribution in [1.82, 2.24) is 0 Å². The average molecular weight is 657 g/mol. The Bertz CT molecular complexity index is 1360. The molecular weight excluding hydrogens is 608 g/mol. The first-order valence-corrected chi connectivity index (χ1v) is 17.6. The number of allylic oxidation sites excluding steroid dienone is 9. The maximum Gasteiger partial charge on any atom is 0.219 e. The van der Waals surface area contributed by atoms with E-state index in [0.29, 0.717) is 0 Å². The number of thioether (sulfide) groups is 1. The van der Waals surface area contributed by atoms with Crippen molar-refractivity contribution in [3.63, 3.8) is 0 Å². The van der Waals surface area contributed by atoms with E-state index in [1.807, 2.05) is 23.1 Å². The Balaban J connectivity index is 0.00000125.